The summed E-state index contributed by atoms with van der Waals surface area (Å²) < 4.78 is 13.1. The van der Waals surface area contributed by atoms with Crippen LogP contribution in [0, 0.1) is 5.92 Å². The second kappa shape index (κ2) is 13.1. The minimum absolute atomic E-state index is 0.0256. The van der Waals surface area contributed by atoms with Gasteiger partial charge in [-0.05, 0) is 6.42 Å². The van der Waals surface area contributed by atoms with Crippen molar-refractivity contribution < 1.29 is 9.47 Å². The molecule has 1 aromatic heterocycles. The Labute approximate surface area is 187 Å². The Morgan fingerprint density at radius 1 is 0.968 bits per heavy atom. The highest BCUT2D eigenvalue weighted by molar-refractivity contribution is 6.85. The fourth-order valence-corrected chi connectivity index (χ4v) is 4.03. The van der Waals surface area contributed by atoms with Crippen LogP contribution in [0.25, 0.3) is 0 Å². The van der Waals surface area contributed by atoms with E-state index in [0.29, 0.717) is 12.6 Å². The Balaban J connectivity index is 0.000000179. The molecule has 0 saturated carbocycles. The fraction of sp³-hybridized carbons (Fsp3) is 0.423. The Bertz CT molecular complexity index is 782. The number of aromatic nitrogens is 2. The van der Waals surface area contributed by atoms with Gasteiger partial charge in [-0.3, -0.25) is 0 Å². The van der Waals surface area contributed by atoms with Crippen molar-refractivity contribution in [1.29, 1.82) is 0 Å². The molecule has 31 heavy (non-hydrogen) atoms. The molecule has 2 aromatic carbocycles. The van der Waals surface area contributed by atoms with E-state index in [2.05, 4.69) is 84.1 Å². The van der Waals surface area contributed by atoms with E-state index in [-0.39, 0.29) is 6.29 Å². The van der Waals surface area contributed by atoms with Crippen molar-refractivity contribution in [3.05, 3.63) is 79.4 Å². The molecule has 1 aliphatic heterocycles. The zero-order valence-corrected chi connectivity index (χ0v) is 18.9. The number of hydrogen-bond donors (Lipinski definition) is 0. The number of rotatable bonds is 9. The molecule has 5 heteroatoms. The van der Waals surface area contributed by atoms with Gasteiger partial charge < -0.3 is 14.0 Å². The summed E-state index contributed by atoms with van der Waals surface area (Å²) in [6, 6.07) is 21.7. The quantitative estimate of drug-likeness (QED) is 0.484. The first kappa shape index (κ1) is 23.3. The molecule has 0 amide bonds. The average molecular weight is 418 g/mol. The second-order valence-corrected chi connectivity index (χ2v) is 8.05. The number of imidazole rings is 1. The van der Waals surface area contributed by atoms with Crippen LogP contribution in [0.3, 0.4) is 0 Å². The molecule has 0 aliphatic carbocycles. The molecule has 1 fully saturated rings. The predicted molar refractivity (Wildman–Crippen MR) is 129 cm³/mol. The Hall–Kier alpha value is -2.37. The molecule has 1 unspecified atom stereocenters. The predicted octanol–water partition coefficient (Wildman–Crippen LogP) is 4.38. The van der Waals surface area contributed by atoms with Crippen molar-refractivity contribution in [2.75, 3.05) is 13.2 Å². The molecule has 1 aliphatic rings. The van der Waals surface area contributed by atoms with E-state index >= 15 is 0 Å². The molecular formula is C26H35BN2O2. The number of hydrogen-bond acceptors (Lipinski definition) is 3. The van der Waals surface area contributed by atoms with Gasteiger partial charge in [0.1, 0.15) is 0 Å². The lowest BCUT2D eigenvalue weighted by atomic mass is 9.38. The monoisotopic (exact) mass is 418 g/mol. The SMILES string of the molecule is CCC(Cn1ccnc1)C1OCCO1.CCCCB(c1ccccc1)c1ccccc1. The van der Waals surface area contributed by atoms with Gasteiger partial charge in [0.25, 0.3) is 0 Å². The lowest BCUT2D eigenvalue weighted by molar-refractivity contribution is -0.0884. The van der Waals surface area contributed by atoms with E-state index in [0.717, 1.165) is 26.2 Å². The van der Waals surface area contributed by atoms with Crippen LogP contribution in [-0.4, -0.2) is 35.8 Å². The van der Waals surface area contributed by atoms with E-state index in [1.807, 2.05) is 12.5 Å². The normalized spacial score (nSPS) is 14.6. The number of nitrogens with zero attached hydrogens (tertiary/aromatic N) is 2. The Morgan fingerprint density at radius 2 is 1.58 bits per heavy atom. The Morgan fingerprint density at radius 3 is 2.06 bits per heavy atom. The van der Waals surface area contributed by atoms with Gasteiger partial charge in [0, 0.05) is 24.9 Å². The average Bonchev–Trinajstić information content (AvgIpc) is 3.54. The standard InChI is InChI=1S/C16H19B.C10H16N2O2/c1-2-3-14-17(15-10-6-4-7-11-15)16-12-8-5-9-13-16;1-2-9(10-13-5-6-14-10)7-12-4-3-11-8-12/h4-13H,2-3,14H2,1H3;3-4,8-10H,2,5-7H2,1H3. The summed E-state index contributed by atoms with van der Waals surface area (Å²) in [7, 11) is 0. The maximum absolute atomic E-state index is 5.50. The molecular weight excluding hydrogens is 383 g/mol. The molecule has 1 saturated heterocycles. The van der Waals surface area contributed by atoms with Crippen LogP contribution in [0.4, 0.5) is 0 Å². The third-order valence-corrected chi connectivity index (χ3v) is 5.81. The van der Waals surface area contributed by atoms with E-state index < -0.39 is 0 Å². The Kier molecular flexibility index (Phi) is 9.87. The number of benzene rings is 2. The summed E-state index contributed by atoms with van der Waals surface area (Å²) in [5.41, 5.74) is 2.87. The summed E-state index contributed by atoms with van der Waals surface area (Å²) >= 11 is 0. The van der Waals surface area contributed by atoms with Gasteiger partial charge in [-0.2, -0.15) is 0 Å². The minimum atomic E-state index is -0.0256. The van der Waals surface area contributed by atoms with Crippen LogP contribution < -0.4 is 10.9 Å². The summed E-state index contributed by atoms with van der Waals surface area (Å²) in [5, 5.41) is 0. The van der Waals surface area contributed by atoms with E-state index in [9.17, 15) is 0 Å². The lowest BCUT2D eigenvalue weighted by Crippen LogP contribution is -2.41. The van der Waals surface area contributed by atoms with Crippen LogP contribution in [0.5, 0.6) is 0 Å². The van der Waals surface area contributed by atoms with Gasteiger partial charge in [0.2, 0.25) is 6.71 Å². The van der Waals surface area contributed by atoms with Crippen LogP contribution in [-0.2, 0) is 16.0 Å². The third-order valence-electron chi connectivity index (χ3n) is 5.81. The lowest BCUT2D eigenvalue weighted by Gasteiger charge is -2.20. The third kappa shape index (κ3) is 7.37. The molecule has 0 N–H and O–H groups in total. The van der Waals surface area contributed by atoms with Gasteiger partial charge >= 0.3 is 0 Å². The summed E-state index contributed by atoms with van der Waals surface area (Å²) in [6.45, 7) is 7.34. The van der Waals surface area contributed by atoms with E-state index in [4.69, 9.17) is 9.47 Å². The highest BCUT2D eigenvalue weighted by Gasteiger charge is 2.25. The molecule has 0 radical (unpaired) electrons. The summed E-state index contributed by atoms with van der Waals surface area (Å²) in [5.74, 6) is 0.423. The van der Waals surface area contributed by atoms with Crippen molar-refractivity contribution in [3.63, 3.8) is 0 Å². The summed E-state index contributed by atoms with van der Waals surface area (Å²) in [6.07, 6.45) is 10.4. The highest BCUT2D eigenvalue weighted by Crippen LogP contribution is 2.19. The molecule has 164 valence electrons. The van der Waals surface area contributed by atoms with Crippen LogP contribution in [0.1, 0.15) is 33.1 Å². The second-order valence-electron chi connectivity index (χ2n) is 8.05. The van der Waals surface area contributed by atoms with Gasteiger partial charge in [0.15, 0.2) is 6.29 Å². The highest BCUT2D eigenvalue weighted by atomic mass is 16.7. The minimum Gasteiger partial charge on any atom is -0.350 e. The first-order valence-corrected chi connectivity index (χ1v) is 11.6. The maximum atomic E-state index is 5.50. The van der Waals surface area contributed by atoms with Gasteiger partial charge in [-0.15, -0.1) is 0 Å². The van der Waals surface area contributed by atoms with Crippen molar-refractivity contribution in [2.24, 2.45) is 5.92 Å². The van der Waals surface area contributed by atoms with Gasteiger partial charge in [-0.25, -0.2) is 4.98 Å². The maximum Gasteiger partial charge on any atom is 0.209 e. The van der Waals surface area contributed by atoms with Crippen molar-refractivity contribution in [2.45, 2.75) is 52.3 Å². The zero-order chi connectivity index (χ0) is 21.7. The van der Waals surface area contributed by atoms with E-state index in [1.54, 1.807) is 6.20 Å². The topological polar surface area (TPSA) is 36.3 Å². The van der Waals surface area contributed by atoms with Crippen LogP contribution in [0.15, 0.2) is 79.4 Å². The van der Waals surface area contributed by atoms with Gasteiger partial charge in [0.05, 0.1) is 19.5 Å². The molecule has 0 spiro atoms. The molecule has 1 atom stereocenters. The van der Waals surface area contributed by atoms with Gasteiger partial charge in [-0.1, -0.05) is 105 Å². The smallest absolute Gasteiger partial charge is 0.209 e. The number of ether oxygens (including phenoxy) is 2. The van der Waals surface area contributed by atoms with Crippen LogP contribution in [0.2, 0.25) is 6.32 Å². The fourth-order valence-electron chi connectivity index (χ4n) is 4.03. The molecule has 0 bridgehead atoms. The van der Waals surface area contributed by atoms with Crippen molar-refractivity contribution in [1.82, 2.24) is 9.55 Å². The van der Waals surface area contributed by atoms with E-state index in [1.165, 1.54) is 30.1 Å². The zero-order valence-electron chi connectivity index (χ0n) is 18.9. The first-order valence-electron chi connectivity index (χ1n) is 11.6. The van der Waals surface area contributed by atoms with Crippen LogP contribution >= 0.6 is 0 Å². The van der Waals surface area contributed by atoms with Crippen molar-refractivity contribution >= 4 is 17.6 Å². The molecule has 4 nitrogen and oxygen atoms in total. The largest absolute Gasteiger partial charge is 0.350 e. The first-order chi connectivity index (χ1) is 15.3. The molecule has 3 aromatic rings. The van der Waals surface area contributed by atoms with Crippen molar-refractivity contribution in [3.8, 4) is 0 Å². The number of unbranched alkanes of at least 4 members (excludes halogenated alkanes) is 1. The summed E-state index contributed by atoms with van der Waals surface area (Å²) in [4.78, 5) is 4.02. The molecule has 2 heterocycles. The molecule has 4 rings (SSSR count).